The van der Waals surface area contributed by atoms with E-state index < -0.39 is 10.0 Å². The number of nitrogen functional groups attached to an aromatic ring is 1. The van der Waals surface area contributed by atoms with Crippen LogP contribution in [0.2, 0.25) is 0 Å². The number of rotatable bonds is 5. The molecule has 0 bridgehead atoms. The first kappa shape index (κ1) is 21.6. The molecule has 9 nitrogen and oxygen atoms in total. The number of nitrogens with zero attached hydrogens (tertiary/aromatic N) is 2. The normalized spacial score (nSPS) is 11.9. The lowest BCUT2D eigenvalue weighted by atomic mass is 9.97. The molecule has 2 heterocycles. The monoisotopic (exact) mass is 453 g/mol. The van der Waals surface area contributed by atoms with Gasteiger partial charge in [0.2, 0.25) is 16.0 Å². The van der Waals surface area contributed by atoms with Crippen molar-refractivity contribution >= 4 is 27.0 Å². The highest BCUT2D eigenvalue weighted by atomic mass is 32.2. The quantitative estimate of drug-likeness (QED) is 0.425. The van der Waals surface area contributed by atoms with Crippen molar-refractivity contribution in [3.63, 3.8) is 0 Å². The number of methoxy groups -OCH3 is 1. The lowest BCUT2D eigenvalue weighted by Crippen LogP contribution is -2.22. The summed E-state index contributed by atoms with van der Waals surface area (Å²) in [6, 6.07) is 12.1. The third-order valence-electron chi connectivity index (χ3n) is 5.23. The summed E-state index contributed by atoms with van der Waals surface area (Å²) in [6.07, 6.45) is 0. The average molecular weight is 454 g/mol. The Kier molecular flexibility index (Phi) is 5.27. The van der Waals surface area contributed by atoms with E-state index in [-0.39, 0.29) is 16.4 Å². The van der Waals surface area contributed by atoms with Crippen molar-refractivity contribution in [3.05, 3.63) is 58.4 Å². The van der Waals surface area contributed by atoms with Crippen LogP contribution < -0.4 is 16.0 Å². The van der Waals surface area contributed by atoms with E-state index in [9.17, 15) is 13.2 Å². The minimum Gasteiger partial charge on any atom is -0.496 e. The average Bonchev–Trinajstić information content (AvgIpc) is 3.13. The predicted molar refractivity (Wildman–Crippen MR) is 124 cm³/mol. The van der Waals surface area contributed by atoms with Gasteiger partial charge in [0.25, 0.3) is 5.56 Å². The maximum Gasteiger partial charge on any atom is 0.262 e. The smallest absolute Gasteiger partial charge is 0.262 e. The van der Waals surface area contributed by atoms with Crippen LogP contribution in [0, 0.1) is 6.92 Å². The molecule has 0 fully saturated rings. The van der Waals surface area contributed by atoms with Crippen molar-refractivity contribution < 1.29 is 13.2 Å². The second kappa shape index (κ2) is 7.81. The molecular formula is C22H23N5O4S. The van der Waals surface area contributed by atoms with Crippen molar-refractivity contribution in [3.8, 4) is 28.1 Å². The number of nitrogens with two attached hydrogens (primary N) is 1. The Balaban J connectivity index is 2.03. The molecule has 0 atom stereocenters. The van der Waals surface area contributed by atoms with Crippen LogP contribution >= 0.6 is 0 Å². The van der Waals surface area contributed by atoms with Crippen LogP contribution in [0.15, 0.2) is 52.2 Å². The molecule has 0 aliphatic carbocycles. The van der Waals surface area contributed by atoms with E-state index in [4.69, 9.17) is 10.5 Å². The molecule has 4 rings (SSSR count). The van der Waals surface area contributed by atoms with Crippen LogP contribution in [0.1, 0.15) is 5.56 Å². The summed E-state index contributed by atoms with van der Waals surface area (Å²) < 4.78 is 31.6. The molecule has 166 valence electrons. The number of anilines is 1. The van der Waals surface area contributed by atoms with E-state index in [0.29, 0.717) is 39.2 Å². The third-order valence-corrected chi connectivity index (χ3v) is 7.06. The van der Waals surface area contributed by atoms with Crippen molar-refractivity contribution in [2.45, 2.75) is 11.8 Å². The second-order valence-electron chi connectivity index (χ2n) is 7.57. The number of hydrogen-bond donors (Lipinski definition) is 3. The first-order valence-corrected chi connectivity index (χ1v) is 11.2. The largest absolute Gasteiger partial charge is 0.496 e. The van der Waals surface area contributed by atoms with Gasteiger partial charge in [-0.25, -0.2) is 12.7 Å². The Bertz CT molecular complexity index is 1490. The molecule has 0 aliphatic heterocycles. The zero-order chi connectivity index (χ0) is 23.2. The van der Waals surface area contributed by atoms with Gasteiger partial charge in [0.05, 0.1) is 23.1 Å². The molecule has 2 aromatic carbocycles. The molecule has 0 aliphatic rings. The van der Waals surface area contributed by atoms with Crippen LogP contribution in [-0.4, -0.2) is 48.9 Å². The summed E-state index contributed by atoms with van der Waals surface area (Å²) >= 11 is 0. The van der Waals surface area contributed by atoms with Gasteiger partial charge in [-0.05, 0) is 36.8 Å². The number of hydrogen-bond acceptors (Lipinski definition) is 6. The molecule has 2 aromatic heterocycles. The lowest BCUT2D eigenvalue weighted by Gasteiger charge is -2.13. The van der Waals surface area contributed by atoms with E-state index in [2.05, 4.69) is 15.0 Å². The van der Waals surface area contributed by atoms with Crippen LogP contribution in [0.5, 0.6) is 5.75 Å². The van der Waals surface area contributed by atoms with Crippen LogP contribution in [-0.2, 0) is 10.0 Å². The Morgan fingerprint density at radius 1 is 1.06 bits per heavy atom. The van der Waals surface area contributed by atoms with Gasteiger partial charge in [-0.15, -0.1) is 0 Å². The zero-order valence-corrected chi connectivity index (χ0v) is 18.9. The Labute approximate surface area is 184 Å². The summed E-state index contributed by atoms with van der Waals surface area (Å²) in [6.45, 7) is 1.94. The minimum absolute atomic E-state index is 0.00881. The van der Waals surface area contributed by atoms with Crippen molar-refractivity contribution in [2.75, 3.05) is 26.9 Å². The molecule has 4 aromatic rings. The minimum atomic E-state index is -3.57. The predicted octanol–water partition coefficient (Wildman–Crippen LogP) is 2.73. The standard InChI is InChI=1S/C22H23N5O4S/c1-12-5-10-16(31-4)15(11-12)17-18-20(25-22(23)26-21(18)28)24-19(17)13-6-8-14(9-7-13)32(29,30)27(2)3/h5-11H,1-4H3,(H4,23,24,25,26,28). The fourth-order valence-electron chi connectivity index (χ4n) is 3.63. The molecule has 0 saturated carbocycles. The first-order valence-electron chi connectivity index (χ1n) is 9.73. The number of ether oxygens (including phenoxy) is 1. The number of H-pyrrole nitrogens is 2. The van der Waals surface area contributed by atoms with E-state index in [1.54, 1.807) is 19.2 Å². The van der Waals surface area contributed by atoms with Crippen molar-refractivity contribution in [1.82, 2.24) is 19.3 Å². The molecule has 32 heavy (non-hydrogen) atoms. The lowest BCUT2D eigenvalue weighted by molar-refractivity contribution is 0.416. The van der Waals surface area contributed by atoms with Gasteiger partial charge in [-0.3, -0.25) is 9.78 Å². The summed E-state index contributed by atoms with van der Waals surface area (Å²) in [5, 5.41) is 0.336. The van der Waals surface area contributed by atoms with Crippen molar-refractivity contribution in [1.29, 1.82) is 0 Å². The van der Waals surface area contributed by atoms with Gasteiger partial charge >= 0.3 is 0 Å². The first-order chi connectivity index (χ1) is 15.1. The maximum atomic E-state index is 12.9. The molecule has 0 amide bonds. The SMILES string of the molecule is COc1ccc(C)cc1-c1c(-c2ccc(S(=O)(=O)N(C)C)cc2)[nH]c2nc(N)[nH]c(=O)c12. The van der Waals surface area contributed by atoms with Gasteiger partial charge in [-0.1, -0.05) is 23.8 Å². The van der Waals surface area contributed by atoms with Gasteiger partial charge in [0.1, 0.15) is 11.4 Å². The Morgan fingerprint density at radius 2 is 1.75 bits per heavy atom. The summed E-state index contributed by atoms with van der Waals surface area (Å²) in [5.41, 5.74) is 9.25. The maximum absolute atomic E-state index is 12.9. The highest BCUT2D eigenvalue weighted by Crippen LogP contribution is 2.41. The van der Waals surface area contributed by atoms with E-state index in [1.807, 2.05) is 25.1 Å². The summed E-state index contributed by atoms with van der Waals surface area (Å²) in [7, 11) is 0.943. The number of nitrogens with one attached hydrogen (secondary N) is 2. The number of aromatic amines is 2. The topological polar surface area (TPSA) is 134 Å². The molecule has 0 saturated heterocycles. The third kappa shape index (κ3) is 3.53. The highest BCUT2D eigenvalue weighted by molar-refractivity contribution is 7.89. The van der Waals surface area contributed by atoms with Crippen molar-refractivity contribution in [2.24, 2.45) is 0 Å². The van der Waals surface area contributed by atoms with Gasteiger partial charge in [0.15, 0.2) is 0 Å². The van der Waals surface area contributed by atoms with Gasteiger partial charge < -0.3 is 15.5 Å². The summed E-state index contributed by atoms with van der Waals surface area (Å²) in [4.78, 5) is 23.0. The highest BCUT2D eigenvalue weighted by Gasteiger charge is 2.23. The number of benzene rings is 2. The molecule has 0 spiro atoms. The fraction of sp³-hybridized carbons (Fsp3) is 0.182. The van der Waals surface area contributed by atoms with E-state index in [1.165, 1.54) is 26.2 Å². The molecule has 0 unspecified atom stereocenters. The second-order valence-corrected chi connectivity index (χ2v) is 9.72. The number of aryl methyl sites for hydroxylation is 1. The molecule has 10 heteroatoms. The van der Waals surface area contributed by atoms with Gasteiger partial charge in [0, 0.05) is 25.2 Å². The van der Waals surface area contributed by atoms with Crippen LogP contribution in [0.3, 0.4) is 0 Å². The number of sulfonamides is 1. The van der Waals surface area contributed by atoms with Gasteiger partial charge in [-0.2, -0.15) is 4.98 Å². The Morgan fingerprint density at radius 3 is 2.38 bits per heavy atom. The van der Waals surface area contributed by atoms with Crippen LogP contribution in [0.25, 0.3) is 33.4 Å². The molecule has 0 radical (unpaired) electrons. The van der Waals surface area contributed by atoms with Crippen LogP contribution in [0.4, 0.5) is 5.95 Å². The Hall–Kier alpha value is -3.63. The molecule has 4 N–H and O–H groups in total. The number of fused-ring (bicyclic) bond motifs is 1. The zero-order valence-electron chi connectivity index (χ0n) is 18.1. The molecular weight excluding hydrogens is 430 g/mol. The number of aromatic nitrogens is 3. The van der Waals surface area contributed by atoms with E-state index >= 15 is 0 Å². The summed E-state index contributed by atoms with van der Waals surface area (Å²) in [5.74, 6) is 0.575. The fourth-order valence-corrected chi connectivity index (χ4v) is 4.53. The van der Waals surface area contributed by atoms with E-state index in [0.717, 1.165) is 9.87 Å².